The summed E-state index contributed by atoms with van der Waals surface area (Å²) < 4.78 is 45.3. The molecule has 13 N–H and O–H groups in total. The molecule has 14 atom stereocenters. The molecule has 0 radical (unpaired) electrons. The fraction of sp³-hybridized carbons (Fsp3) is 0.415. The Labute approximate surface area is 359 Å². The van der Waals surface area contributed by atoms with Crippen LogP contribution in [0.2, 0.25) is 0 Å². The van der Waals surface area contributed by atoms with Gasteiger partial charge in [0, 0.05) is 23.8 Å². The average Bonchev–Trinajstić information content (AvgIpc) is 3.26. The Morgan fingerprint density at radius 3 is 2.08 bits per heavy atom. The second-order valence-electron chi connectivity index (χ2n) is 15.1. The molecule has 0 amide bonds. The van der Waals surface area contributed by atoms with Crippen LogP contribution in [-0.4, -0.2) is 172 Å². The maximum atomic E-state index is 14.3. The monoisotopic (exact) mass is 904 g/mol. The summed E-state index contributed by atoms with van der Waals surface area (Å²) in [5.74, 6) is -5.41. The summed E-state index contributed by atoms with van der Waals surface area (Å²) in [5, 5.41) is 135. The first-order valence-electron chi connectivity index (χ1n) is 19.4. The van der Waals surface area contributed by atoms with Crippen LogP contribution in [-0.2, 0) is 28.5 Å². The van der Waals surface area contributed by atoms with Crippen molar-refractivity contribution in [2.45, 2.75) is 92.9 Å². The lowest BCUT2D eigenvalue weighted by molar-refractivity contribution is -0.348. The second kappa shape index (κ2) is 18.7. The largest absolute Gasteiger partial charge is 0.507 e. The molecule has 4 aromatic rings. The van der Waals surface area contributed by atoms with Crippen LogP contribution in [0, 0.1) is 0 Å². The van der Waals surface area contributed by atoms with Crippen molar-refractivity contribution in [3.8, 4) is 51.6 Å². The molecule has 0 unspecified atom stereocenters. The number of hydrogen-bond donors (Lipinski definition) is 13. The Balaban J connectivity index is 1.16. The van der Waals surface area contributed by atoms with Gasteiger partial charge in [-0.2, -0.15) is 0 Å². The van der Waals surface area contributed by atoms with Crippen molar-refractivity contribution >= 4 is 23.0 Å². The van der Waals surface area contributed by atoms with E-state index in [0.717, 1.165) is 36.4 Å². The quantitative estimate of drug-likeness (QED) is 0.0444. The number of benzene rings is 3. The summed E-state index contributed by atoms with van der Waals surface area (Å²) in [6.07, 6.45) is -22.3. The number of rotatable bonds is 11. The number of esters is 1. The number of fused-ring (bicyclic) bond motifs is 1. The van der Waals surface area contributed by atoms with Gasteiger partial charge in [0.15, 0.2) is 41.2 Å². The Morgan fingerprint density at radius 2 is 1.38 bits per heavy atom. The first-order valence-corrected chi connectivity index (χ1v) is 19.4. The summed E-state index contributed by atoms with van der Waals surface area (Å²) in [6, 6.07) is 8.96. The highest BCUT2D eigenvalue weighted by Crippen LogP contribution is 2.40. The molecule has 3 aromatic carbocycles. The summed E-state index contributed by atoms with van der Waals surface area (Å²) in [5.41, 5.74) is -1.34. The smallest absolute Gasteiger partial charge is 0.330 e. The third-order valence-electron chi connectivity index (χ3n) is 10.6. The maximum absolute atomic E-state index is 14.3. The molecule has 1 aromatic heterocycles. The lowest BCUT2D eigenvalue weighted by atomic mass is 9.98. The molecule has 4 heterocycles. The van der Waals surface area contributed by atoms with Gasteiger partial charge in [0.2, 0.25) is 23.8 Å². The van der Waals surface area contributed by atoms with Crippen molar-refractivity contribution in [1.29, 1.82) is 0 Å². The van der Waals surface area contributed by atoms with Crippen molar-refractivity contribution < 1.29 is 109 Å². The van der Waals surface area contributed by atoms with E-state index in [-0.39, 0.29) is 11.3 Å². The minimum Gasteiger partial charge on any atom is -0.507 e. The molecular weight excluding hydrogens is 860 g/mol. The van der Waals surface area contributed by atoms with Crippen molar-refractivity contribution in [2.24, 2.45) is 0 Å². The van der Waals surface area contributed by atoms with E-state index in [1.807, 2.05) is 0 Å². The van der Waals surface area contributed by atoms with E-state index in [1.54, 1.807) is 0 Å². The summed E-state index contributed by atoms with van der Waals surface area (Å²) in [6.45, 7) is 0.0258. The topological polar surface area (TPSA) is 375 Å². The lowest BCUT2D eigenvalue weighted by Gasteiger charge is -2.44. The molecule has 3 aliphatic heterocycles. The zero-order valence-electron chi connectivity index (χ0n) is 33.2. The molecule has 64 heavy (non-hydrogen) atoms. The number of aliphatic hydroxyl groups excluding tert-OH is 8. The first-order chi connectivity index (χ1) is 30.3. The summed E-state index contributed by atoms with van der Waals surface area (Å²) in [7, 11) is 0. The van der Waals surface area contributed by atoms with Gasteiger partial charge in [-0.25, -0.2) is 4.79 Å². The predicted octanol–water partition coefficient (Wildman–Crippen LogP) is -1.90. The van der Waals surface area contributed by atoms with Crippen LogP contribution in [0.1, 0.15) is 12.5 Å². The van der Waals surface area contributed by atoms with Gasteiger partial charge in [-0.1, -0.05) is 6.07 Å². The molecule has 346 valence electrons. The molecule has 3 fully saturated rings. The Morgan fingerprint density at radius 1 is 0.703 bits per heavy atom. The minimum atomic E-state index is -2.07. The molecule has 0 aliphatic carbocycles. The number of ether oxygens (including phenoxy) is 7. The number of carbonyl (C=O) groups excluding carboxylic acids is 1. The Kier molecular flexibility index (Phi) is 13.5. The molecule has 23 nitrogen and oxygen atoms in total. The zero-order chi connectivity index (χ0) is 46.3. The van der Waals surface area contributed by atoms with Crippen LogP contribution in [0.3, 0.4) is 0 Å². The summed E-state index contributed by atoms with van der Waals surface area (Å²) >= 11 is 0. The van der Waals surface area contributed by atoms with Crippen LogP contribution in [0.25, 0.3) is 28.4 Å². The highest BCUT2D eigenvalue weighted by Gasteiger charge is 2.50. The van der Waals surface area contributed by atoms with E-state index in [2.05, 4.69) is 0 Å². The highest BCUT2D eigenvalue weighted by molar-refractivity contribution is 5.89. The second-order valence-corrected chi connectivity index (χ2v) is 15.1. The molecule has 3 aliphatic rings. The molecule has 23 heteroatoms. The van der Waals surface area contributed by atoms with Gasteiger partial charge >= 0.3 is 5.97 Å². The standard InChI is InChI=1S/C41H44O23/c1-14-28(49)32(53)34(55)39(59-14)60-17-10-22(46)27-24(11-17)61-36(16-4-6-19(43)21(45)9-16)37(31(27)52)63-41-38(29(50)23(47)12-58-41)64-40-35(56)33(54)30(51)25(62-40)13-57-26(48)7-3-15-2-5-18(42)20(44)8-15/h2-11,14,23,25,28-30,32-35,38-47,49-51,53-56H,12-13H2,1H3/t14-,23+,25+,28-,29-,30+,32+,33-,34+,35+,38+,39-,40-,41-/m0/s1. The van der Waals surface area contributed by atoms with E-state index in [4.69, 9.17) is 37.6 Å². The molecule has 0 bridgehead atoms. The van der Waals surface area contributed by atoms with Crippen molar-refractivity contribution in [1.82, 2.24) is 0 Å². The predicted molar refractivity (Wildman–Crippen MR) is 210 cm³/mol. The number of phenols is 5. The first kappa shape index (κ1) is 46.2. The van der Waals surface area contributed by atoms with Crippen LogP contribution < -0.4 is 14.9 Å². The molecule has 0 saturated carbocycles. The van der Waals surface area contributed by atoms with Crippen molar-refractivity contribution in [3.63, 3.8) is 0 Å². The van der Waals surface area contributed by atoms with Gasteiger partial charge in [0.05, 0.1) is 12.7 Å². The number of carbonyl (C=O) groups is 1. The van der Waals surface area contributed by atoms with Gasteiger partial charge in [-0.05, 0) is 48.9 Å². The normalized spacial score (nSPS) is 32.1. The Hall–Kier alpha value is -5.80. The molecular formula is C41H44O23. The third kappa shape index (κ3) is 9.37. The average molecular weight is 905 g/mol. The minimum absolute atomic E-state index is 0.127. The van der Waals surface area contributed by atoms with E-state index < -0.39 is 162 Å². The number of aliphatic hydroxyl groups is 8. The maximum Gasteiger partial charge on any atom is 0.330 e. The van der Waals surface area contributed by atoms with Crippen LogP contribution in [0.5, 0.6) is 40.2 Å². The molecule has 7 rings (SSSR count). The lowest BCUT2D eigenvalue weighted by Crippen LogP contribution is -2.63. The fourth-order valence-corrected chi connectivity index (χ4v) is 7.00. The van der Waals surface area contributed by atoms with Gasteiger partial charge < -0.3 is 104 Å². The van der Waals surface area contributed by atoms with Crippen molar-refractivity contribution in [3.05, 3.63) is 70.4 Å². The highest BCUT2D eigenvalue weighted by atomic mass is 16.8. The van der Waals surface area contributed by atoms with E-state index in [1.165, 1.54) is 31.2 Å². The molecule has 0 spiro atoms. The van der Waals surface area contributed by atoms with E-state index in [0.29, 0.717) is 5.56 Å². The van der Waals surface area contributed by atoms with Crippen LogP contribution >= 0.6 is 0 Å². The van der Waals surface area contributed by atoms with E-state index >= 15 is 0 Å². The zero-order valence-corrected chi connectivity index (χ0v) is 33.2. The SMILES string of the molecule is C[C@@H]1O[C@@H](Oc2cc(O)c3c(=O)c(O[C@@H]4OC[C@@H](O)[C@H](O)[C@H]4O[C@@H]4O[C@H](COC(=O)C=Cc5ccc(O)c(O)c5)[C@@H](O)[C@H](O)[C@H]4O)c(-c4ccc(O)c(O)c4)oc3c2)[C@H](O)[C@H](O)[C@H]1O. The van der Waals surface area contributed by atoms with E-state index in [9.17, 15) is 76.0 Å². The van der Waals surface area contributed by atoms with Crippen LogP contribution in [0.4, 0.5) is 0 Å². The Bertz CT molecular complexity index is 2420. The summed E-state index contributed by atoms with van der Waals surface area (Å²) in [4.78, 5) is 26.8. The number of aromatic hydroxyl groups is 5. The number of hydrogen-bond acceptors (Lipinski definition) is 23. The molecule has 3 saturated heterocycles. The van der Waals surface area contributed by atoms with Gasteiger partial charge in [-0.3, -0.25) is 4.79 Å². The fourth-order valence-electron chi connectivity index (χ4n) is 7.00. The van der Waals surface area contributed by atoms with Gasteiger partial charge in [-0.15, -0.1) is 0 Å². The van der Waals surface area contributed by atoms with Gasteiger partial charge in [0.25, 0.3) is 0 Å². The van der Waals surface area contributed by atoms with Crippen LogP contribution in [0.15, 0.2) is 63.8 Å². The van der Waals surface area contributed by atoms with Crippen molar-refractivity contribution in [2.75, 3.05) is 13.2 Å². The van der Waals surface area contributed by atoms with Gasteiger partial charge in [0.1, 0.15) is 84.0 Å². The third-order valence-corrected chi connectivity index (χ3v) is 10.6. The number of phenolic OH excluding ortho intramolecular Hbond substituents is 5.